The smallest absolute Gasteiger partial charge is 0.0962 e. The highest BCUT2D eigenvalue weighted by molar-refractivity contribution is 5.23. The fourth-order valence-corrected chi connectivity index (χ4v) is 2.87. The highest BCUT2D eigenvalue weighted by Crippen LogP contribution is 2.29. The molecule has 0 radical (unpaired) electrons. The van der Waals surface area contributed by atoms with Crippen molar-refractivity contribution in [1.29, 1.82) is 0 Å². The summed E-state index contributed by atoms with van der Waals surface area (Å²) in [5.74, 6) is 1.67. The Morgan fingerprint density at radius 1 is 1.24 bits per heavy atom. The van der Waals surface area contributed by atoms with E-state index in [2.05, 4.69) is 42.8 Å². The molecule has 3 heteroatoms. The van der Waals surface area contributed by atoms with E-state index in [1.54, 1.807) is 7.11 Å². The minimum absolute atomic E-state index is 0.570. The second-order valence-corrected chi connectivity index (χ2v) is 5.34. The summed E-state index contributed by atoms with van der Waals surface area (Å²) in [7, 11) is 3.96. The van der Waals surface area contributed by atoms with Crippen LogP contribution in [0.3, 0.4) is 0 Å². The SMILES string of the molecule is COC1=CC=C(N2CCN(C)CC2C)[C@@H](C)C1. The van der Waals surface area contributed by atoms with E-state index in [4.69, 9.17) is 4.74 Å². The molecular formula is C14H24N2O. The predicted molar refractivity (Wildman–Crippen MR) is 70.6 cm³/mol. The first-order chi connectivity index (χ1) is 8.11. The van der Waals surface area contributed by atoms with Crippen LogP contribution in [0.25, 0.3) is 0 Å². The molecule has 0 spiro atoms. The molecule has 0 aromatic carbocycles. The number of methoxy groups -OCH3 is 1. The van der Waals surface area contributed by atoms with Crippen molar-refractivity contribution in [2.45, 2.75) is 26.3 Å². The Morgan fingerprint density at radius 2 is 2.00 bits per heavy atom. The van der Waals surface area contributed by atoms with Gasteiger partial charge in [-0.1, -0.05) is 6.92 Å². The van der Waals surface area contributed by atoms with E-state index < -0.39 is 0 Å². The molecule has 0 aromatic rings. The lowest BCUT2D eigenvalue weighted by Gasteiger charge is -2.43. The maximum Gasteiger partial charge on any atom is 0.0962 e. The third-order valence-corrected chi connectivity index (χ3v) is 3.88. The van der Waals surface area contributed by atoms with Gasteiger partial charge in [-0.05, 0) is 26.1 Å². The van der Waals surface area contributed by atoms with Crippen molar-refractivity contribution in [2.75, 3.05) is 33.8 Å². The fourth-order valence-electron chi connectivity index (χ4n) is 2.87. The molecule has 2 aliphatic rings. The van der Waals surface area contributed by atoms with Crippen LogP contribution >= 0.6 is 0 Å². The molecule has 2 rings (SSSR count). The molecule has 0 amide bonds. The number of likely N-dealkylation sites (N-methyl/N-ethyl adjacent to an activating group) is 1. The molecule has 0 aromatic heterocycles. The van der Waals surface area contributed by atoms with E-state index in [0.29, 0.717) is 12.0 Å². The van der Waals surface area contributed by atoms with Crippen LogP contribution in [0.2, 0.25) is 0 Å². The molecule has 1 heterocycles. The van der Waals surface area contributed by atoms with Gasteiger partial charge >= 0.3 is 0 Å². The van der Waals surface area contributed by atoms with Crippen molar-refractivity contribution in [2.24, 2.45) is 5.92 Å². The zero-order chi connectivity index (χ0) is 12.4. The average Bonchev–Trinajstić information content (AvgIpc) is 2.30. The molecule has 0 saturated carbocycles. The number of hydrogen-bond acceptors (Lipinski definition) is 3. The maximum atomic E-state index is 5.33. The lowest BCUT2D eigenvalue weighted by Crippen LogP contribution is -2.50. The molecular weight excluding hydrogens is 212 g/mol. The minimum atomic E-state index is 0.570. The van der Waals surface area contributed by atoms with Gasteiger partial charge in [0.1, 0.15) is 0 Å². The van der Waals surface area contributed by atoms with E-state index in [9.17, 15) is 0 Å². The van der Waals surface area contributed by atoms with Crippen molar-refractivity contribution in [3.05, 3.63) is 23.6 Å². The quantitative estimate of drug-likeness (QED) is 0.730. The summed E-state index contributed by atoms with van der Waals surface area (Å²) < 4.78 is 5.33. The summed E-state index contributed by atoms with van der Waals surface area (Å²) in [4.78, 5) is 4.97. The first-order valence-corrected chi connectivity index (χ1v) is 6.51. The molecule has 3 nitrogen and oxygen atoms in total. The lowest BCUT2D eigenvalue weighted by molar-refractivity contribution is 0.117. The zero-order valence-corrected chi connectivity index (χ0v) is 11.4. The first kappa shape index (κ1) is 12.5. The van der Waals surface area contributed by atoms with Crippen LogP contribution in [0.4, 0.5) is 0 Å². The molecule has 2 atom stereocenters. The molecule has 1 aliphatic carbocycles. The molecule has 1 saturated heterocycles. The highest BCUT2D eigenvalue weighted by Gasteiger charge is 2.27. The normalized spacial score (nSPS) is 30.9. The summed E-state index contributed by atoms with van der Waals surface area (Å²) in [6.07, 6.45) is 5.40. The van der Waals surface area contributed by atoms with Crippen LogP contribution in [0.5, 0.6) is 0 Å². The van der Waals surface area contributed by atoms with Gasteiger partial charge in [-0.3, -0.25) is 0 Å². The molecule has 96 valence electrons. The van der Waals surface area contributed by atoms with Crippen LogP contribution in [0.1, 0.15) is 20.3 Å². The molecule has 17 heavy (non-hydrogen) atoms. The Hall–Kier alpha value is -0.960. The van der Waals surface area contributed by atoms with E-state index in [-0.39, 0.29) is 0 Å². The summed E-state index contributed by atoms with van der Waals surface area (Å²) in [5, 5.41) is 0. The largest absolute Gasteiger partial charge is 0.501 e. The van der Waals surface area contributed by atoms with E-state index >= 15 is 0 Å². The Kier molecular flexibility index (Phi) is 3.77. The highest BCUT2D eigenvalue weighted by atomic mass is 16.5. The Morgan fingerprint density at radius 3 is 2.59 bits per heavy atom. The van der Waals surface area contributed by atoms with Gasteiger partial charge < -0.3 is 14.5 Å². The van der Waals surface area contributed by atoms with Crippen molar-refractivity contribution >= 4 is 0 Å². The molecule has 1 unspecified atom stereocenters. The number of allylic oxidation sites excluding steroid dienone is 4. The fraction of sp³-hybridized carbons (Fsp3) is 0.714. The Balaban J connectivity index is 2.11. The molecule has 1 aliphatic heterocycles. The maximum absolute atomic E-state index is 5.33. The van der Waals surface area contributed by atoms with Gasteiger partial charge in [0.25, 0.3) is 0 Å². The second kappa shape index (κ2) is 5.13. The number of nitrogens with zero attached hydrogens (tertiary/aromatic N) is 2. The molecule has 1 fully saturated rings. The van der Waals surface area contributed by atoms with Crippen LogP contribution in [-0.4, -0.2) is 49.6 Å². The summed E-state index contributed by atoms with van der Waals surface area (Å²) in [5.41, 5.74) is 1.48. The van der Waals surface area contributed by atoms with E-state index in [0.717, 1.165) is 31.8 Å². The number of ether oxygens (including phenoxy) is 1. The number of piperazine rings is 1. The third-order valence-electron chi connectivity index (χ3n) is 3.88. The topological polar surface area (TPSA) is 15.7 Å². The van der Waals surface area contributed by atoms with Crippen molar-refractivity contribution in [3.63, 3.8) is 0 Å². The second-order valence-electron chi connectivity index (χ2n) is 5.34. The lowest BCUT2D eigenvalue weighted by atomic mass is 9.95. The van der Waals surface area contributed by atoms with Crippen molar-refractivity contribution < 1.29 is 4.74 Å². The first-order valence-electron chi connectivity index (χ1n) is 6.51. The standard InChI is InChI=1S/C14H24N2O/c1-11-9-13(17-4)5-6-14(11)16-8-7-15(3)10-12(16)2/h5-6,11-12H,7-10H2,1-4H3/t11-,12?/m0/s1. The van der Waals surface area contributed by atoms with Gasteiger partial charge in [0.2, 0.25) is 0 Å². The number of rotatable bonds is 2. The number of hydrogen-bond donors (Lipinski definition) is 0. The van der Waals surface area contributed by atoms with Crippen molar-refractivity contribution in [1.82, 2.24) is 9.80 Å². The van der Waals surface area contributed by atoms with Gasteiger partial charge in [-0.25, -0.2) is 0 Å². The predicted octanol–water partition coefficient (Wildman–Crippen LogP) is 2.08. The van der Waals surface area contributed by atoms with Crippen LogP contribution in [0, 0.1) is 5.92 Å². The van der Waals surface area contributed by atoms with Gasteiger partial charge in [0.15, 0.2) is 0 Å². The third kappa shape index (κ3) is 2.65. The van der Waals surface area contributed by atoms with Gasteiger partial charge in [-0.2, -0.15) is 0 Å². The van der Waals surface area contributed by atoms with Crippen LogP contribution < -0.4 is 0 Å². The summed E-state index contributed by atoms with van der Waals surface area (Å²) in [6.45, 7) is 8.08. The summed E-state index contributed by atoms with van der Waals surface area (Å²) >= 11 is 0. The monoisotopic (exact) mass is 236 g/mol. The molecule has 0 N–H and O–H groups in total. The van der Waals surface area contributed by atoms with Gasteiger partial charge in [0.05, 0.1) is 12.9 Å². The van der Waals surface area contributed by atoms with E-state index in [1.165, 1.54) is 5.70 Å². The van der Waals surface area contributed by atoms with Gasteiger partial charge in [0, 0.05) is 43.7 Å². The Labute approximate surface area is 105 Å². The minimum Gasteiger partial charge on any atom is -0.501 e. The molecule has 0 bridgehead atoms. The summed E-state index contributed by atoms with van der Waals surface area (Å²) in [6, 6.07) is 0.611. The van der Waals surface area contributed by atoms with E-state index in [1.807, 2.05) is 0 Å². The Bertz CT molecular complexity index is 335. The van der Waals surface area contributed by atoms with Crippen LogP contribution in [0.15, 0.2) is 23.6 Å². The van der Waals surface area contributed by atoms with Crippen LogP contribution in [-0.2, 0) is 4.74 Å². The van der Waals surface area contributed by atoms with Crippen molar-refractivity contribution in [3.8, 4) is 0 Å². The average molecular weight is 236 g/mol. The zero-order valence-electron chi connectivity index (χ0n) is 11.4. The van der Waals surface area contributed by atoms with Gasteiger partial charge in [-0.15, -0.1) is 0 Å².